The van der Waals surface area contributed by atoms with E-state index >= 15 is 0 Å². The van der Waals surface area contributed by atoms with Gasteiger partial charge in [0, 0.05) is 7.05 Å². The highest BCUT2D eigenvalue weighted by molar-refractivity contribution is 4.94. The standard InChI is InChI=1S/C7H12N4O/c1-11-7(12)9-6(10-11)5-3-2-4-8-5/h5,8H,2-4H2,1H3,(H,9,10,12). The Kier molecular flexibility index (Phi) is 1.73. The summed E-state index contributed by atoms with van der Waals surface area (Å²) in [6, 6.07) is 0.249. The molecule has 2 rings (SSSR count). The van der Waals surface area contributed by atoms with Gasteiger partial charge in [-0.3, -0.25) is 4.98 Å². The molecule has 2 N–H and O–H groups in total. The minimum atomic E-state index is -0.140. The lowest BCUT2D eigenvalue weighted by Gasteiger charge is -2.03. The first-order valence-corrected chi connectivity index (χ1v) is 4.14. The molecule has 1 aliphatic rings. The highest BCUT2D eigenvalue weighted by atomic mass is 16.1. The molecule has 0 aromatic carbocycles. The predicted molar refractivity (Wildman–Crippen MR) is 43.8 cm³/mol. The fourth-order valence-electron chi connectivity index (χ4n) is 1.50. The molecule has 2 heterocycles. The Labute approximate surface area is 69.8 Å². The summed E-state index contributed by atoms with van der Waals surface area (Å²) < 4.78 is 1.33. The molecule has 0 saturated carbocycles. The maximum absolute atomic E-state index is 11.0. The van der Waals surface area contributed by atoms with Gasteiger partial charge in [0.15, 0.2) is 0 Å². The van der Waals surface area contributed by atoms with Crippen molar-refractivity contribution < 1.29 is 0 Å². The third kappa shape index (κ3) is 1.16. The lowest BCUT2D eigenvalue weighted by atomic mass is 10.2. The monoisotopic (exact) mass is 168 g/mol. The number of rotatable bonds is 1. The Morgan fingerprint density at radius 2 is 2.50 bits per heavy atom. The first-order chi connectivity index (χ1) is 5.77. The predicted octanol–water partition coefficient (Wildman–Crippen LogP) is -0.467. The number of aromatic amines is 1. The first kappa shape index (κ1) is 7.54. The zero-order valence-corrected chi connectivity index (χ0v) is 7.00. The van der Waals surface area contributed by atoms with Gasteiger partial charge in [-0.15, -0.1) is 0 Å². The van der Waals surface area contributed by atoms with Crippen molar-refractivity contribution in [3.8, 4) is 0 Å². The van der Waals surface area contributed by atoms with Crippen molar-refractivity contribution >= 4 is 0 Å². The van der Waals surface area contributed by atoms with Crippen molar-refractivity contribution in [3.05, 3.63) is 16.3 Å². The highest BCUT2D eigenvalue weighted by Gasteiger charge is 2.19. The zero-order chi connectivity index (χ0) is 8.55. The number of hydrogen-bond acceptors (Lipinski definition) is 3. The molecule has 12 heavy (non-hydrogen) atoms. The SMILES string of the molecule is Cn1nc(C2CCCN2)[nH]c1=O. The van der Waals surface area contributed by atoms with Crippen LogP contribution in [-0.4, -0.2) is 21.3 Å². The quantitative estimate of drug-likeness (QED) is 0.596. The molecule has 1 aromatic heterocycles. The van der Waals surface area contributed by atoms with Crippen LogP contribution < -0.4 is 11.0 Å². The van der Waals surface area contributed by atoms with Gasteiger partial charge in [0.2, 0.25) is 0 Å². The van der Waals surface area contributed by atoms with Gasteiger partial charge in [0.25, 0.3) is 0 Å². The van der Waals surface area contributed by atoms with E-state index in [0.29, 0.717) is 0 Å². The number of H-pyrrole nitrogens is 1. The van der Waals surface area contributed by atoms with Crippen LogP contribution in [-0.2, 0) is 7.05 Å². The summed E-state index contributed by atoms with van der Waals surface area (Å²) in [4.78, 5) is 13.7. The van der Waals surface area contributed by atoms with E-state index in [2.05, 4.69) is 15.4 Å². The van der Waals surface area contributed by atoms with Crippen LogP contribution in [0.25, 0.3) is 0 Å². The average molecular weight is 168 g/mol. The van der Waals surface area contributed by atoms with Crippen LogP contribution in [0.1, 0.15) is 24.7 Å². The van der Waals surface area contributed by atoms with Gasteiger partial charge in [0.1, 0.15) is 5.82 Å². The van der Waals surface area contributed by atoms with Crippen molar-refractivity contribution in [1.29, 1.82) is 0 Å². The van der Waals surface area contributed by atoms with E-state index < -0.39 is 0 Å². The van der Waals surface area contributed by atoms with Crippen LogP contribution >= 0.6 is 0 Å². The molecular formula is C7H12N4O. The first-order valence-electron chi connectivity index (χ1n) is 4.14. The van der Waals surface area contributed by atoms with E-state index in [9.17, 15) is 4.79 Å². The average Bonchev–Trinajstić information content (AvgIpc) is 2.61. The van der Waals surface area contributed by atoms with Crippen LogP contribution in [0, 0.1) is 0 Å². The van der Waals surface area contributed by atoms with Gasteiger partial charge in [0.05, 0.1) is 6.04 Å². The molecule has 5 heteroatoms. The van der Waals surface area contributed by atoms with Crippen molar-refractivity contribution in [2.24, 2.45) is 7.05 Å². The van der Waals surface area contributed by atoms with E-state index in [1.54, 1.807) is 7.05 Å². The van der Waals surface area contributed by atoms with Crippen LogP contribution in [0.15, 0.2) is 4.79 Å². The van der Waals surface area contributed by atoms with Crippen molar-refractivity contribution in [1.82, 2.24) is 20.1 Å². The maximum atomic E-state index is 11.0. The van der Waals surface area contributed by atoms with Crippen LogP contribution in [0.3, 0.4) is 0 Å². The lowest BCUT2D eigenvalue weighted by Crippen LogP contribution is -2.15. The summed E-state index contributed by atoms with van der Waals surface area (Å²) in [5, 5.41) is 7.35. The van der Waals surface area contributed by atoms with Crippen LogP contribution in [0.5, 0.6) is 0 Å². The second kappa shape index (κ2) is 2.75. The number of hydrogen-bond donors (Lipinski definition) is 2. The second-order valence-electron chi connectivity index (χ2n) is 3.09. The van der Waals surface area contributed by atoms with Gasteiger partial charge < -0.3 is 5.32 Å². The summed E-state index contributed by atoms with van der Waals surface area (Å²) in [6.45, 7) is 1.02. The normalized spacial score (nSPS) is 23.2. The summed E-state index contributed by atoms with van der Waals surface area (Å²) >= 11 is 0. The second-order valence-corrected chi connectivity index (χ2v) is 3.09. The summed E-state index contributed by atoms with van der Waals surface area (Å²) in [5.74, 6) is 0.764. The van der Waals surface area contributed by atoms with E-state index in [1.165, 1.54) is 4.68 Å². The summed E-state index contributed by atoms with van der Waals surface area (Å²) in [7, 11) is 1.65. The summed E-state index contributed by atoms with van der Waals surface area (Å²) in [5.41, 5.74) is -0.140. The molecular weight excluding hydrogens is 156 g/mol. The minimum absolute atomic E-state index is 0.140. The number of aromatic nitrogens is 3. The topological polar surface area (TPSA) is 62.7 Å². The highest BCUT2D eigenvalue weighted by Crippen LogP contribution is 2.17. The Morgan fingerprint density at radius 1 is 1.67 bits per heavy atom. The fraction of sp³-hybridized carbons (Fsp3) is 0.714. The van der Waals surface area contributed by atoms with E-state index in [-0.39, 0.29) is 11.7 Å². The van der Waals surface area contributed by atoms with E-state index in [1.807, 2.05) is 0 Å². The van der Waals surface area contributed by atoms with Crippen molar-refractivity contribution in [2.45, 2.75) is 18.9 Å². The minimum Gasteiger partial charge on any atom is -0.307 e. The van der Waals surface area contributed by atoms with Gasteiger partial charge in [-0.25, -0.2) is 9.48 Å². The lowest BCUT2D eigenvalue weighted by molar-refractivity contribution is 0.594. The van der Waals surface area contributed by atoms with Gasteiger partial charge in [-0.2, -0.15) is 5.10 Å². The Bertz CT molecular complexity index is 320. The molecule has 0 aliphatic carbocycles. The molecule has 0 amide bonds. The summed E-state index contributed by atoms with van der Waals surface area (Å²) in [6.07, 6.45) is 2.22. The molecule has 1 saturated heterocycles. The molecule has 0 bridgehead atoms. The van der Waals surface area contributed by atoms with Gasteiger partial charge in [-0.1, -0.05) is 0 Å². The third-order valence-electron chi connectivity index (χ3n) is 2.18. The van der Waals surface area contributed by atoms with Crippen LogP contribution in [0.4, 0.5) is 0 Å². The van der Waals surface area contributed by atoms with Gasteiger partial charge in [-0.05, 0) is 19.4 Å². The smallest absolute Gasteiger partial charge is 0.307 e. The Balaban J connectivity index is 2.27. The van der Waals surface area contributed by atoms with Crippen molar-refractivity contribution in [2.75, 3.05) is 6.54 Å². The number of nitrogens with one attached hydrogen (secondary N) is 2. The van der Waals surface area contributed by atoms with E-state index in [4.69, 9.17) is 0 Å². The molecule has 66 valence electrons. The molecule has 0 spiro atoms. The molecule has 5 nitrogen and oxygen atoms in total. The largest absolute Gasteiger partial charge is 0.343 e. The van der Waals surface area contributed by atoms with E-state index in [0.717, 1.165) is 25.2 Å². The number of aryl methyl sites for hydroxylation is 1. The Hall–Kier alpha value is -1.10. The fourth-order valence-corrected chi connectivity index (χ4v) is 1.50. The molecule has 1 fully saturated rings. The van der Waals surface area contributed by atoms with Crippen molar-refractivity contribution in [3.63, 3.8) is 0 Å². The Morgan fingerprint density at radius 3 is 3.00 bits per heavy atom. The molecule has 1 atom stereocenters. The third-order valence-corrected chi connectivity index (χ3v) is 2.18. The van der Waals surface area contributed by atoms with Gasteiger partial charge >= 0.3 is 5.69 Å². The molecule has 0 radical (unpaired) electrons. The molecule has 1 unspecified atom stereocenters. The number of nitrogens with zero attached hydrogens (tertiary/aromatic N) is 2. The molecule has 1 aromatic rings. The van der Waals surface area contributed by atoms with Crippen LogP contribution in [0.2, 0.25) is 0 Å². The zero-order valence-electron chi connectivity index (χ0n) is 7.00. The molecule has 1 aliphatic heterocycles. The maximum Gasteiger partial charge on any atom is 0.343 e.